The Kier molecular flexibility index (Phi) is 7.00. The van der Waals surface area contributed by atoms with E-state index in [4.69, 9.17) is 6.42 Å². The predicted molar refractivity (Wildman–Crippen MR) is 77.8 cm³/mol. The van der Waals surface area contributed by atoms with Gasteiger partial charge < -0.3 is 5.32 Å². The summed E-state index contributed by atoms with van der Waals surface area (Å²) in [6.07, 6.45) is 9.09. The molecule has 1 atom stereocenters. The third-order valence-corrected chi connectivity index (χ3v) is 3.41. The van der Waals surface area contributed by atoms with E-state index in [0.29, 0.717) is 4.47 Å². The highest BCUT2D eigenvalue weighted by Gasteiger charge is 2.11. The minimum atomic E-state index is -0.225. The van der Waals surface area contributed by atoms with Crippen LogP contribution >= 0.6 is 15.9 Å². The van der Waals surface area contributed by atoms with Gasteiger partial charge in [0.05, 0.1) is 4.47 Å². The molecular weight excluding hydrogens is 293 g/mol. The zero-order chi connectivity index (χ0) is 13.4. The third kappa shape index (κ3) is 4.80. The fraction of sp³-hybridized carbons (Fsp3) is 0.467. The zero-order valence-electron chi connectivity index (χ0n) is 10.7. The number of halogens is 2. The van der Waals surface area contributed by atoms with Crippen molar-refractivity contribution in [1.29, 1.82) is 0 Å². The molecule has 1 unspecified atom stereocenters. The lowest BCUT2D eigenvalue weighted by molar-refractivity contribution is 0.486. The molecule has 1 rings (SSSR count). The normalized spacial score (nSPS) is 12.1. The van der Waals surface area contributed by atoms with Gasteiger partial charge in [0.1, 0.15) is 5.82 Å². The van der Waals surface area contributed by atoms with Crippen LogP contribution in [-0.4, -0.2) is 6.54 Å². The maximum Gasteiger partial charge on any atom is 0.137 e. The predicted octanol–water partition coefficient (Wildman–Crippen LogP) is 4.43. The van der Waals surface area contributed by atoms with Crippen LogP contribution in [0.4, 0.5) is 4.39 Å². The van der Waals surface area contributed by atoms with Crippen LogP contribution in [0.1, 0.15) is 44.2 Å². The van der Waals surface area contributed by atoms with Crippen LogP contribution in [0.25, 0.3) is 0 Å². The lowest BCUT2D eigenvalue weighted by Gasteiger charge is -2.19. The summed E-state index contributed by atoms with van der Waals surface area (Å²) in [6, 6.07) is 5.43. The van der Waals surface area contributed by atoms with Gasteiger partial charge in [0.15, 0.2) is 0 Å². The fourth-order valence-corrected chi connectivity index (χ4v) is 2.24. The fourth-order valence-electron chi connectivity index (χ4n) is 1.84. The van der Waals surface area contributed by atoms with Gasteiger partial charge in [-0.05, 0) is 59.4 Å². The number of unbranched alkanes of at least 4 members (excludes halogenated alkanes) is 1. The van der Waals surface area contributed by atoms with Gasteiger partial charge in [0.25, 0.3) is 0 Å². The summed E-state index contributed by atoms with van der Waals surface area (Å²) < 4.78 is 13.7. The van der Waals surface area contributed by atoms with Crippen LogP contribution < -0.4 is 5.32 Å². The molecule has 0 aliphatic carbocycles. The highest BCUT2D eigenvalue weighted by atomic mass is 79.9. The molecule has 0 heterocycles. The molecule has 0 spiro atoms. The molecule has 98 valence electrons. The lowest BCUT2D eigenvalue weighted by atomic mass is 10.0. The molecule has 0 aromatic heterocycles. The van der Waals surface area contributed by atoms with Crippen molar-refractivity contribution in [3.63, 3.8) is 0 Å². The van der Waals surface area contributed by atoms with Gasteiger partial charge >= 0.3 is 0 Å². The van der Waals surface area contributed by atoms with E-state index in [2.05, 4.69) is 34.1 Å². The summed E-state index contributed by atoms with van der Waals surface area (Å²) in [4.78, 5) is 0. The van der Waals surface area contributed by atoms with Crippen LogP contribution in [0.15, 0.2) is 22.7 Å². The number of rotatable bonds is 7. The smallest absolute Gasteiger partial charge is 0.137 e. The Hall–Kier alpha value is -0.850. The van der Waals surface area contributed by atoms with Gasteiger partial charge in [0, 0.05) is 12.5 Å². The van der Waals surface area contributed by atoms with Crippen molar-refractivity contribution in [1.82, 2.24) is 5.32 Å². The van der Waals surface area contributed by atoms with Crippen molar-refractivity contribution in [2.45, 2.75) is 38.6 Å². The maximum absolute atomic E-state index is 13.2. The highest BCUT2D eigenvalue weighted by Crippen LogP contribution is 2.24. The number of hydrogen-bond acceptors (Lipinski definition) is 1. The molecule has 1 aromatic rings. The Morgan fingerprint density at radius 2 is 2.28 bits per heavy atom. The minimum absolute atomic E-state index is 0.225. The molecule has 0 amide bonds. The van der Waals surface area contributed by atoms with E-state index in [-0.39, 0.29) is 11.9 Å². The average Bonchev–Trinajstić information content (AvgIpc) is 2.37. The van der Waals surface area contributed by atoms with Crippen molar-refractivity contribution in [2.24, 2.45) is 0 Å². The molecule has 0 bridgehead atoms. The van der Waals surface area contributed by atoms with E-state index in [1.165, 1.54) is 6.07 Å². The van der Waals surface area contributed by atoms with Gasteiger partial charge in [-0.3, -0.25) is 0 Å². The first-order chi connectivity index (χ1) is 8.69. The Balaban J connectivity index is 2.73. The molecular formula is C15H19BrFN. The summed E-state index contributed by atoms with van der Waals surface area (Å²) in [6.45, 7) is 3.09. The molecule has 0 aliphatic heterocycles. The summed E-state index contributed by atoms with van der Waals surface area (Å²) in [7, 11) is 0. The summed E-state index contributed by atoms with van der Waals surface area (Å²) >= 11 is 3.23. The van der Waals surface area contributed by atoms with Crippen LogP contribution in [0, 0.1) is 18.2 Å². The Morgan fingerprint density at radius 3 is 2.89 bits per heavy atom. The first kappa shape index (κ1) is 15.2. The Bertz CT molecular complexity index is 411. The van der Waals surface area contributed by atoms with E-state index < -0.39 is 0 Å². The maximum atomic E-state index is 13.2. The summed E-state index contributed by atoms with van der Waals surface area (Å²) in [5, 5.41) is 3.48. The van der Waals surface area contributed by atoms with E-state index in [9.17, 15) is 4.39 Å². The quantitative estimate of drug-likeness (QED) is 0.580. The lowest BCUT2D eigenvalue weighted by Crippen LogP contribution is -2.22. The van der Waals surface area contributed by atoms with E-state index >= 15 is 0 Å². The number of benzene rings is 1. The van der Waals surface area contributed by atoms with Crippen LogP contribution in [0.5, 0.6) is 0 Å². The molecule has 1 N–H and O–H groups in total. The molecule has 0 fully saturated rings. The molecule has 3 heteroatoms. The molecule has 0 saturated carbocycles. The summed E-state index contributed by atoms with van der Waals surface area (Å²) in [5.74, 6) is 2.43. The SMILES string of the molecule is C#CCCCC(NCCC)c1ccc(F)c(Br)c1. The van der Waals surface area contributed by atoms with E-state index in [0.717, 1.165) is 37.8 Å². The molecule has 0 aliphatic rings. The Morgan fingerprint density at radius 1 is 1.50 bits per heavy atom. The third-order valence-electron chi connectivity index (χ3n) is 2.80. The van der Waals surface area contributed by atoms with Gasteiger partial charge in [-0.1, -0.05) is 13.0 Å². The standard InChI is InChI=1S/C15H19BrFN/c1-3-5-6-7-15(18-10-4-2)12-8-9-14(17)13(16)11-12/h1,8-9,11,15,18H,4-7,10H2,2H3. The van der Waals surface area contributed by atoms with Gasteiger partial charge in [-0.25, -0.2) is 4.39 Å². The van der Waals surface area contributed by atoms with Crippen LogP contribution in [0.2, 0.25) is 0 Å². The number of nitrogens with one attached hydrogen (secondary N) is 1. The number of hydrogen-bond donors (Lipinski definition) is 1. The Labute approximate surface area is 117 Å². The van der Waals surface area contributed by atoms with Crippen LogP contribution in [-0.2, 0) is 0 Å². The second-order valence-corrected chi connectivity index (χ2v) is 5.13. The second-order valence-electron chi connectivity index (χ2n) is 4.28. The molecule has 1 nitrogen and oxygen atoms in total. The topological polar surface area (TPSA) is 12.0 Å². The van der Waals surface area contributed by atoms with Gasteiger partial charge in [-0.2, -0.15) is 0 Å². The van der Waals surface area contributed by atoms with Gasteiger partial charge in [-0.15, -0.1) is 12.3 Å². The first-order valence-corrected chi connectivity index (χ1v) is 7.10. The first-order valence-electron chi connectivity index (χ1n) is 6.30. The number of terminal acetylenes is 1. The summed E-state index contributed by atoms with van der Waals surface area (Å²) in [5.41, 5.74) is 1.11. The minimum Gasteiger partial charge on any atom is -0.310 e. The van der Waals surface area contributed by atoms with Crippen LogP contribution in [0.3, 0.4) is 0 Å². The van der Waals surface area contributed by atoms with Gasteiger partial charge in [0.2, 0.25) is 0 Å². The van der Waals surface area contributed by atoms with Crippen molar-refractivity contribution < 1.29 is 4.39 Å². The molecule has 0 radical (unpaired) electrons. The van der Waals surface area contributed by atoms with E-state index in [1.54, 1.807) is 0 Å². The van der Waals surface area contributed by atoms with Crippen molar-refractivity contribution in [3.05, 3.63) is 34.1 Å². The van der Waals surface area contributed by atoms with Crippen molar-refractivity contribution >= 4 is 15.9 Å². The highest BCUT2D eigenvalue weighted by molar-refractivity contribution is 9.10. The molecule has 18 heavy (non-hydrogen) atoms. The van der Waals surface area contributed by atoms with E-state index in [1.807, 2.05) is 12.1 Å². The van der Waals surface area contributed by atoms with Crippen molar-refractivity contribution in [3.8, 4) is 12.3 Å². The van der Waals surface area contributed by atoms with Crippen molar-refractivity contribution in [2.75, 3.05) is 6.54 Å². The zero-order valence-corrected chi connectivity index (χ0v) is 12.3. The average molecular weight is 312 g/mol. The monoisotopic (exact) mass is 311 g/mol. The molecule has 0 saturated heterocycles. The largest absolute Gasteiger partial charge is 0.310 e. The molecule has 1 aromatic carbocycles. The second kappa shape index (κ2) is 8.29.